The molecule has 0 radical (unpaired) electrons. The SMILES string of the molecule is CC(C)C1C(=O)Nc2ccc(NC(=O)c3ccc(F)c(F)c3)cc21. The predicted molar refractivity (Wildman–Crippen MR) is 87.0 cm³/mol. The summed E-state index contributed by atoms with van der Waals surface area (Å²) in [6, 6.07) is 8.07. The molecule has 4 nitrogen and oxygen atoms in total. The van der Waals surface area contributed by atoms with Gasteiger partial charge in [-0.1, -0.05) is 13.8 Å². The third-order valence-corrected chi connectivity index (χ3v) is 4.03. The van der Waals surface area contributed by atoms with Crippen molar-refractivity contribution in [2.45, 2.75) is 19.8 Å². The molecular formula is C18H16F2N2O2. The topological polar surface area (TPSA) is 58.2 Å². The maximum absolute atomic E-state index is 13.2. The van der Waals surface area contributed by atoms with Crippen LogP contribution in [0.3, 0.4) is 0 Å². The van der Waals surface area contributed by atoms with Crippen LogP contribution in [-0.2, 0) is 4.79 Å². The first-order valence-corrected chi connectivity index (χ1v) is 7.58. The molecule has 6 heteroatoms. The van der Waals surface area contributed by atoms with E-state index in [2.05, 4.69) is 10.6 Å². The van der Waals surface area contributed by atoms with Gasteiger partial charge in [0.25, 0.3) is 5.91 Å². The van der Waals surface area contributed by atoms with Gasteiger partial charge in [0.15, 0.2) is 11.6 Å². The highest BCUT2D eigenvalue weighted by Gasteiger charge is 2.33. The van der Waals surface area contributed by atoms with Gasteiger partial charge < -0.3 is 10.6 Å². The van der Waals surface area contributed by atoms with Crippen LogP contribution in [0.15, 0.2) is 36.4 Å². The minimum atomic E-state index is -1.08. The number of hydrogen-bond donors (Lipinski definition) is 2. The summed E-state index contributed by atoms with van der Waals surface area (Å²) in [6.07, 6.45) is 0. The summed E-state index contributed by atoms with van der Waals surface area (Å²) in [6.45, 7) is 3.90. The number of halogens is 2. The normalized spacial score (nSPS) is 16.0. The monoisotopic (exact) mass is 330 g/mol. The summed E-state index contributed by atoms with van der Waals surface area (Å²) in [5, 5.41) is 5.45. The van der Waals surface area contributed by atoms with E-state index in [9.17, 15) is 18.4 Å². The summed E-state index contributed by atoms with van der Waals surface area (Å²) in [4.78, 5) is 24.2. The maximum Gasteiger partial charge on any atom is 0.255 e. The first-order chi connectivity index (χ1) is 11.4. The molecule has 2 aromatic carbocycles. The van der Waals surface area contributed by atoms with Gasteiger partial charge in [-0.2, -0.15) is 0 Å². The Balaban J connectivity index is 1.85. The average molecular weight is 330 g/mol. The van der Waals surface area contributed by atoms with Crippen LogP contribution in [0, 0.1) is 17.6 Å². The minimum Gasteiger partial charge on any atom is -0.325 e. The molecule has 1 atom stereocenters. The Morgan fingerprint density at radius 2 is 1.88 bits per heavy atom. The van der Waals surface area contributed by atoms with E-state index >= 15 is 0 Å². The van der Waals surface area contributed by atoms with Gasteiger partial charge in [-0.05, 0) is 47.9 Å². The second-order valence-corrected chi connectivity index (χ2v) is 6.10. The van der Waals surface area contributed by atoms with E-state index in [1.807, 2.05) is 13.8 Å². The first-order valence-electron chi connectivity index (χ1n) is 7.58. The molecule has 2 N–H and O–H groups in total. The molecule has 1 aliphatic rings. The molecule has 3 rings (SSSR count). The Morgan fingerprint density at radius 1 is 1.12 bits per heavy atom. The molecule has 0 bridgehead atoms. The van der Waals surface area contributed by atoms with E-state index in [4.69, 9.17) is 0 Å². The van der Waals surface area contributed by atoms with Crippen LogP contribution in [0.1, 0.15) is 35.7 Å². The lowest BCUT2D eigenvalue weighted by atomic mass is 9.89. The molecule has 1 heterocycles. The Labute approximate surface area is 137 Å². The van der Waals surface area contributed by atoms with E-state index in [-0.39, 0.29) is 23.3 Å². The van der Waals surface area contributed by atoms with Gasteiger partial charge >= 0.3 is 0 Å². The lowest BCUT2D eigenvalue weighted by Crippen LogP contribution is -2.17. The number of nitrogens with one attached hydrogen (secondary N) is 2. The third kappa shape index (κ3) is 2.87. The summed E-state index contributed by atoms with van der Waals surface area (Å²) in [5.41, 5.74) is 2.05. The first kappa shape index (κ1) is 16.1. The predicted octanol–water partition coefficient (Wildman–Crippen LogP) is 3.91. The van der Waals surface area contributed by atoms with Crippen molar-refractivity contribution < 1.29 is 18.4 Å². The summed E-state index contributed by atoms with van der Waals surface area (Å²) in [7, 11) is 0. The number of carbonyl (C=O) groups excluding carboxylic acids is 2. The van der Waals surface area contributed by atoms with Crippen LogP contribution in [0.4, 0.5) is 20.2 Å². The fourth-order valence-electron chi connectivity index (χ4n) is 2.87. The zero-order chi connectivity index (χ0) is 17.4. The van der Waals surface area contributed by atoms with Crippen molar-refractivity contribution in [2.75, 3.05) is 10.6 Å². The molecule has 1 unspecified atom stereocenters. The summed E-state index contributed by atoms with van der Waals surface area (Å²) < 4.78 is 26.2. The largest absolute Gasteiger partial charge is 0.325 e. The van der Waals surface area contributed by atoms with Gasteiger partial charge in [-0.25, -0.2) is 8.78 Å². The zero-order valence-corrected chi connectivity index (χ0v) is 13.2. The van der Waals surface area contributed by atoms with Crippen LogP contribution in [0.5, 0.6) is 0 Å². The molecule has 0 aromatic heterocycles. The van der Waals surface area contributed by atoms with Crippen molar-refractivity contribution in [2.24, 2.45) is 5.92 Å². The Kier molecular flexibility index (Phi) is 4.05. The van der Waals surface area contributed by atoms with Gasteiger partial charge in [0, 0.05) is 16.9 Å². The number of amides is 2. The number of carbonyl (C=O) groups is 2. The molecular weight excluding hydrogens is 314 g/mol. The fourth-order valence-corrected chi connectivity index (χ4v) is 2.87. The highest BCUT2D eigenvalue weighted by atomic mass is 19.2. The lowest BCUT2D eigenvalue weighted by Gasteiger charge is -2.14. The number of rotatable bonds is 3. The van der Waals surface area contributed by atoms with Crippen LogP contribution < -0.4 is 10.6 Å². The standard InChI is InChI=1S/C18H16F2N2O2/c1-9(2)16-12-8-11(4-6-15(12)22-18(16)24)21-17(23)10-3-5-13(19)14(20)7-10/h3-9,16H,1-2H3,(H,21,23)(H,22,24). The second-order valence-electron chi connectivity index (χ2n) is 6.10. The molecule has 0 spiro atoms. The molecule has 0 aliphatic carbocycles. The van der Waals surface area contributed by atoms with Gasteiger partial charge in [0.05, 0.1) is 5.92 Å². The molecule has 0 fully saturated rings. The Morgan fingerprint density at radius 3 is 2.54 bits per heavy atom. The zero-order valence-electron chi connectivity index (χ0n) is 13.2. The molecule has 0 saturated heterocycles. The molecule has 124 valence electrons. The molecule has 2 amide bonds. The quantitative estimate of drug-likeness (QED) is 0.896. The van der Waals surface area contributed by atoms with E-state index in [0.717, 1.165) is 23.4 Å². The Hall–Kier alpha value is -2.76. The number of anilines is 2. The highest BCUT2D eigenvalue weighted by molar-refractivity contribution is 6.06. The van der Waals surface area contributed by atoms with Crippen molar-refractivity contribution in [1.82, 2.24) is 0 Å². The molecule has 1 aliphatic heterocycles. The van der Waals surface area contributed by atoms with E-state index in [1.165, 1.54) is 6.07 Å². The fraction of sp³-hybridized carbons (Fsp3) is 0.222. The van der Waals surface area contributed by atoms with Gasteiger partial charge in [0.1, 0.15) is 0 Å². The van der Waals surface area contributed by atoms with Crippen molar-refractivity contribution in [1.29, 1.82) is 0 Å². The molecule has 0 saturated carbocycles. The summed E-state index contributed by atoms with van der Waals surface area (Å²) in [5.74, 6) is -2.86. The molecule has 2 aromatic rings. The van der Waals surface area contributed by atoms with Crippen molar-refractivity contribution >= 4 is 23.2 Å². The van der Waals surface area contributed by atoms with Crippen molar-refractivity contribution in [3.05, 3.63) is 59.2 Å². The second kappa shape index (κ2) is 6.03. The van der Waals surface area contributed by atoms with Crippen LogP contribution >= 0.6 is 0 Å². The summed E-state index contributed by atoms with van der Waals surface area (Å²) >= 11 is 0. The number of benzene rings is 2. The van der Waals surface area contributed by atoms with Crippen molar-refractivity contribution in [3.8, 4) is 0 Å². The van der Waals surface area contributed by atoms with E-state index < -0.39 is 17.5 Å². The average Bonchev–Trinajstić information content (AvgIpc) is 2.85. The van der Waals surface area contributed by atoms with Crippen LogP contribution in [-0.4, -0.2) is 11.8 Å². The number of hydrogen-bond acceptors (Lipinski definition) is 2. The van der Waals surface area contributed by atoms with Crippen LogP contribution in [0.2, 0.25) is 0 Å². The highest BCUT2D eigenvalue weighted by Crippen LogP contribution is 2.38. The van der Waals surface area contributed by atoms with Gasteiger partial charge in [0.2, 0.25) is 5.91 Å². The van der Waals surface area contributed by atoms with E-state index in [0.29, 0.717) is 5.69 Å². The van der Waals surface area contributed by atoms with Crippen LogP contribution in [0.25, 0.3) is 0 Å². The van der Waals surface area contributed by atoms with Gasteiger partial charge in [-0.15, -0.1) is 0 Å². The van der Waals surface area contributed by atoms with Gasteiger partial charge in [-0.3, -0.25) is 9.59 Å². The third-order valence-electron chi connectivity index (χ3n) is 4.03. The minimum absolute atomic E-state index is 0.0176. The smallest absolute Gasteiger partial charge is 0.255 e. The lowest BCUT2D eigenvalue weighted by molar-refractivity contribution is -0.117. The molecule has 24 heavy (non-hydrogen) atoms. The van der Waals surface area contributed by atoms with Crippen molar-refractivity contribution in [3.63, 3.8) is 0 Å². The number of fused-ring (bicyclic) bond motifs is 1. The Bertz CT molecular complexity index is 834. The van der Waals surface area contributed by atoms with E-state index in [1.54, 1.807) is 18.2 Å². The maximum atomic E-state index is 13.2.